The molecule has 0 spiro atoms. The van der Waals surface area contributed by atoms with Crippen LogP contribution in [0.3, 0.4) is 0 Å². The van der Waals surface area contributed by atoms with Crippen LogP contribution >= 0.6 is 11.8 Å². The molecule has 0 fully saturated rings. The minimum absolute atomic E-state index is 0.409. The molecule has 0 amide bonds. The molecule has 0 saturated carbocycles. The Morgan fingerprint density at radius 3 is 3.00 bits per heavy atom. The first-order valence-electron chi connectivity index (χ1n) is 3.25. The van der Waals surface area contributed by atoms with E-state index in [1.807, 2.05) is 5.41 Å². The zero-order valence-electron chi connectivity index (χ0n) is 5.70. The summed E-state index contributed by atoms with van der Waals surface area (Å²) in [5.41, 5.74) is 2.63. The van der Waals surface area contributed by atoms with E-state index in [1.54, 1.807) is 23.9 Å². The van der Waals surface area contributed by atoms with Crippen molar-refractivity contribution in [1.82, 2.24) is 0 Å². The first-order chi connectivity index (χ1) is 5.27. The summed E-state index contributed by atoms with van der Waals surface area (Å²) in [4.78, 5) is 10.5. The van der Waals surface area contributed by atoms with E-state index in [1.165, 1.54) is 0 Å². The summed E-state index contributed by atoms with van der Waals surface area (Å²) in [6.07, 6.45) is 3.46. The number of rotatable bonds is 1. The van der Waals surface area contributed by atoms with Gasteiger partial charge in [-0.15, -0.1) is 11.8 Å². The molecule has 0 atom stereocenters. The van der Waals surface area contributed by atoms with Gasteiger partial charge in [0, 0.05) is 5.75 Å². The van der Waals surface area contributed by atoms with Crippen molar-refractivity contribution in [2.45, 2.75) is 0 Å². The zero-order chi connectivity index (χ0) is 7.84. The molecule has 11 heavy (non-hydrogen) atoms. The molecule has 0 bridgehead atoms. The second kappa shape index (κ2) is 2.27. The standard InChI is InChI=1S/C8H6O2S/c9-8(10)5-1-6-3-11-4-7(6)2-5/h1-3H,4H2,(H,9,10). The third kappa shape index (κ3) is 1.01. The number of hydrogen-bond donors (Lipinski definition) is 1. The number of carbonyl (C=O) groups is 1. The van der Waals surface area contributed by atoms with Crippen LogP contribution in [-0.2, 0) is 4.79 Å². The lowest BCUT2D eigenvalue weighted by molar-refractivity contribution is -0.132. The molecule has 56 valence electrons. The van der Waals surface area contributed by atoms with Crippen LogP contribution in [0, 0.1) is 0 Å². The third-order valence-corrected chi connectivity index (χ3v) is 2.61. The van der Waals surface area contributed by atoms with Crippen LogP contribution in [0.4, 0.5) is 0 Å². The molecule has 1 heterocycles. The molecule has 0 radical (unpaired) electrons. The monoisotopic (exact) mass is 166 g/mol. The number of allylic oxidation sites excluding steroid dienone is 2. The second-order valence-corrected chi connectivity index (χ2v) is 3.32. The van der Waals surface area contributed by atoms with Gasteiger partial charge in [-0.3, -0.25) is 0 Å². The van der Waals surface area contributed by atoms with E-state index in [-0.39, 0.29) is 0 Å². The lowest BCUT2D eigenvalue weighted by atomic mass is 10.2. The van der Waals surface area contributed by atoms with E-state index in [2.05, 4.69) is 0 Å². The Balaban J connectivity index is 2.38. The van der Waals surface area contributed by atoms with Crippen molar-refractivity contribution in [2.24, 2.45) is 0 Å². The number of carboxylic acids is 1. The second-order valence-electron chi connectivity index (χ2n) is 2.46. The SMILES string of the molecule is O=C(O)C1=CC2=CSCC2=C1. The van der Waals surface area contributed by atoms with Gasteiger partial charge in [0.05, 0.1) is 5.57 Å². The molecule has 0 aromatic heterocycles. The van der Waals surface area contributed by atoms with Crippen LogP contribution in [0.25, 0.3) is 0 Å². The van der Waals surface area contributed by atoms with Crippen LogP contribution in [0.1, 0.15) is 0 Å². The average molecular weight is 166 g/mol. The molecule has 2 nitrogen and oxygen atoms in total. The van der Waals surface area contributed by atoms with Gasteiger partial charge in [-0.1, -0.05) is 0 Å². The summed E-state index contributed by atoms with van der Waals surface area (Å²) in [7, 11) is 0. The Morgan fingerprint density at radius 2 is 2.36 bits per heavy atom. The van der Waals surface area contributed by atoms with Gasteiger partial charge in [0.15, 0.2) is 0 Å². The molecule has 3 heteroatoms. The first-order valence-corrected chi connectivity index (χ1v) is 4.30. The normalized spacial score (nSPS) is 20.5. The summed E-state index contributed by atoms with van der Waals surface area (Å²) in [6, 6.07) is 0. The summed E-state index contributed by atoms with van der Waals surface area (Å²) >= 11 is 1.71. The van der Waals surface area contributed by atoms with Crippen molar-refractivity contribution in [2.75, 3.05) is 5.75 Å². The molecule has 1 aliphatic carbocycles. The van der Waals surface area contributed by atoms with E-state index in [4.69, 9.17) is 5.11 Å². The highest BCUT2D eigenvalue weighted by Gasteiger charge is 2.19. The molecule has 0 saturated heterocycles. The van der Waals surface area contributed by atoms with Gasteiger partial charge in [0.2, 0.25) is 0 Å². The summed E-state index contributed by atoms with van der Waals surface area (Å²) in [5, 5.41) is 10.6. The molecule has 0 aromatic rings. The third-order valence-electron chi connectivity index (χ3n) is 1.71. The maximum absolute atomic E-state index is 10.5. The smallest absolute Gasteiger partial charge is 0.335 e. The molecule has 0 aromatic carbocycles. The van der Waals surface area contributed by atoms with Gasteiger partial charge < -0.3 is 5.11 Å². The van der Waals surface area contributed by atoms with Crippen LogP contribution < -0.4 is 0 Å². The van der Waals surface area contributed by atoms with Gasteiger partial charge >= 0.3 is 5.97 Å². The van der Waals surface area contributed by atoms with E-state index < -0.39 is 5.97 Å². The van der Waals surface area contributed by atoms with Gasteiger partial charge in [0.1, 0.15) is 0 Å². The molecular formula is C8H6O2S. The highest BCUT2D eigenvalue weighted by molar-refractivity contribution is 8.02. The molecule has 0 unspecified atom stereocenters. The largest absolute Gasteiger partial charge is 0.478 e. The van der Waals surface area contributed by atoms with Crippen molar-refractivity contribution < 1.29 is 9.90 Å². The molecule has 1 aliphatic heterocycles. The van der Waals surface area contributed by atoms with Crippen LogP contribution in [0.15, 0.2) is 34.3 Å². The molecule has 2 rings (SSSR count). The van der Waals surface area contributed by atoms with E-state index in [0.29, 0.717) is 5.57 Å². The minimum Gasteiger partial charge on any atom is -0.478 e. The fraction of sp³-hybridized carbons (Fsp3) is 0.125. The van der Waals surface area contributed by atoms with Crippen molar-refractivity contribution >= 4 is 17.7 Å². The lowest BCUT2D eigenvalue weighted by Crippen LogP contribution is -1.94. The summed E-state index contributed by atoms with van der Waals surface area (Å²) in [5.74, 6) is 0.0839. The van der Waals surface area contributed by atoms with Gasteiger partial charge in [-0.2, -0.15) is 0 Å². The number of fused-ring (bicyclic) bond motifs is 1. The molecule has 1 N–H and O–H groups in total. The molecule has 2 aliphatic rings. The first kappa shape index (κ1) is 6.73. The topological polar surface area (TPSA) is 37.3 Å². The fourth-order valence-electron chi connectivity index (χ4n) is 1.15. The highest BCUT2D eigenvalue weighted by Crippen LogP contribution is 2.34. The van der Waals surface area contributed by atoms with Crippen molar-refractivity contribution in [1.29, 1.82) is 0 Å². The van der Waals surface area contributed by atoms with Gasteiger partial charge in [-0.25, -0.2) is 4.79 Å². The maximum Gasteiger partial charge on any atom is 0.335 e. The Hall–Kier alpha value is -0.960. The summed E-state index contributed by atoms with van der Waals surface area (Å²) < 4.78 is 0. The minimum atomic E-state index is -0.835. The van der Waals surface area contributed by atoms with E-state index in [9.17, 15) is 4.79 Å². The Bertz CT molecular complexity index is 307. The predicted molar refractivity (Wildman–Crippen MR) is 44.3 cm³/mol. The van der Waals surface area contributed by atoms with Gasteiger partial charge in [-0.05, 0) is 28.7 Å². The molecular weight excluding hydrogens is 160 g/mol. The van der Waals surface area contributed by atoms with E-state index in [0.717, 1.165) is 16.9 Å². The quantitative estimate of drug-likeness (QED) is 0.642. The highest BCUT2D eigenvalue weighted by atomic mass is 32.2. The predicted octanol–water partition coefficient (Wildman–Crippen LogP) is 1.57. The number of thioether (sulfide) groups is 1. The maximum atomic E-state index is 10.5. The van der Waals surface area contributed by atoms with Crippen molar-refractivity contribution in [3.8, 4) is 0 Å². The van der Waals surface area contributed by atoms with Crippen LogP contribution in [-0.4, -0.2) is 16.8 Å². The van der Waals surface area contributed by atoms with Crippen LogP contribution in [0.2, 0.25) is 0 Å². The number of carboxylic acid groups (broad SMARTS) is 1. The lowest BCUT2D eigenvalue weighted by Gasteiger charge is -1.87. The zero-order valence-corrected chi connectivity index (χ0v) is 6.52. The van der Waals surface area contributed by atoms with E-state index >= 15 is 0 Å². The Labute approximate surface area is 68.3 Å². The Kier molecular flexibility index (Phi) is 1.39. The van der Waals surface area contributed by atoms with Crippen molar-refractivity contribution in [3.05, 3.63) is 34.3 Å². The number of aliphatic carboxylic acids is 1. The van der Waals surface area contributed by atoms with Crippen LogP contribution in [0.5, 0.6) is 0 Å². The Morgan fingerprint density at radius 1 is 1.55 bits per heavy atom. The summed E-state index contributed by atoms with van der Waals surface area (Å²) in [6.45, 7) is 0. The van der Waals surface area contributed by atoms with Gasteiger partial charge in [0.25, 0.3) is 0 Å². The van der Waals surface area contributed by atoms with Crippen molar-refractivity contribution in [3.63, 3.8) is 0 Å². The average Bonchev–Trinajstić information content (AvgIpc) is 2.40. The fourth-order valence-corrected chi connectivity index (χ4v) is 2.06. The number of hydrogen-bond acceptors (Lipinski definition) is 2.